The highest BCUT2D eigenvalue weighted by atomic mass is 15.0. The van der Waals surface area contributed by atoms with E-state index < -0.39 is 0 Å². The van der Waals surface area contributed by atoms with E-state index in [-0.39, 0.29) is 0 Å². The van der Waals surface area contributed by atoms with E-state index in [1.54, 1.807) is 44.9 Å². The van der Waals surface area contributed by atoms with E-state index in [0.717, 1.165) is 10.8 Å². The van der Waals surface area contributed by atoms with E-state index in [2.05, 4.69) is 0 Å². The van der Waals surface area contributed by atoms with Crippen LogP contribution in [0.5, 0.6) is 0 Å². The summed E-state index contributed by atoms with van der Waals surface area (Å²) in [7, 11) is 0. The molecule has 0 heterocycles. The minimum atomic E-state index is 0.981. The Labute approximate surface area is 115 Å². The maximum absolute atomic E-state index is 1.72. The molecule has 0 aliphatic heterocycles. The fourth-order valence-electron chi connectivity index (χ4n) is 11.9. The maximum atomic E-state index is 1.72. The molecule has 4 atom stereocenters. The van der Waals surface area contributed by atoms with E-state index in [0.29, 0.717) is 0 Å². The molecule has 0 saturated heterocycles. The highest BCUT2D eigenvalue weighted by molar-refractivity contribution is 5.40. The largest absolute Gasteiger partial charge is 0.0467 e. The Bertz CT molecular complexity index is 458. The Morgan fingerprint density at radius 1 is 0.474 bits per heavy atom. The molecule has 0 aromatic carbocycles. The highest BCUT2D eigenvalue weighted by Crippen LogP contribution is 2.98. The number of hydrogen-bond acceptors (Lipinski definition) is 0. The standard InChI is InChI=1S/C19H24/c1-8-2-13-10-7-11-14-3-9-4-15(11)19(13)16(5-8)18(14,12(1)10)17(19)6-9/h8-17H,1-7H2. The van der Waals surface area contributed by atoms with Gasteiger partial charge >= 0.3 is 0 Å². The number of rotatable bonds is 0. The first-order chi connectivity index (χ1) is 9.36. The van der Waals surface area contributed by atoms with Crippen molar-refractivity contribution < 1.29 is 0 Å². The average Bonchev–Trinajstić information content (AvgIpc) is 2.43. The maximum Gasteiger partial charge on any atom is -0.0167 e. The molecular formula is C19H24. The minimum absolute atomic E-state index is 0.981. The van der Waals surface area contributed by atoms with Gasteiger partial charge in [-0.1, -0.05) is 0 Å². The predicted molar refractivity (Wildman–Crippen MR) is 72.1 cm³/mol. The van der Waals surface area contributed by atoms with E-state index in [9.17, 15) is 0 Å². The van der Waals surface area contributed by atoms with E-state index in [1.807, 2.05) is 0 Å². The summed E-state index contributed by atoms with van der Waals surface area (Å²) in [5.41, 5.74) is 1.96. The minimum Gasteiger partial charge on any atom is -0.0467 e. The van der Waals surface area contributed by atoms with Crippen LogP contribution in [0.15, 0.2) is 0 Å². The molecule has 13 rings (SSSR count). The summed E-state index contributed by atoms with van der Waals surface area (Å²) in [6.45, 7) is 0. The Balaban J connectivity index is 1.54. The van der Waals surface area contributed by atoms with Crippen molar-refractivity contribution in [2.75, 3.05) is 0 Å². The second-order valence-corrected chi connectivity index (χ2v) is 10.2. The van der Waals surface area contributed by atoms with Gasteiger partial charge in [-0.25, -0.2) is 0 Å². The first-order valence-corrected chi connectivity index (χ1v) is 9.36. The topological polar surface area (TPSA) is 0 Å². The molecule has 0 N–H and O–H groups in total. The quantitative estimate of drug-likeness (QED) is 0.612. The van der Waals surface area contributed by atoms with Crippen molar-refractivity contribution in [3.8, 4) is 0 Å². The zero-order valence-electron chi connectivity index (χ0n) is 11.7. The van der Waals surface area contributed by atoms with Crippen LogP contribution in [0.1, 0.15) is 44.9 Å². The van der Waals surface area contributed by atoms with Gasteiger partial charge in [0.1, 0.15) is 0 Å². The van der Waals surface area contributed by atoms with Gasteiger partial charge in [0.2, 0.25) is 0 Å². The summed E-state index contributed by atoms with van der Waals surface area (Å²) < 4.78 is 0. The first-order valence-electron chi connectivity index (χ1n) is 9.36. The van der Waals surface area contributed by atoms with Gasteiger partial charge in [0.15, 0.2) is 0 Å². The summed E-state index contributed by atoms with van der Waals surface area (Å²) in [5, 5.41) is 0. The summed E-state index contributed by atoms with van der Waals surface area (Å²) in [6.07, 6.45) is 11.9. The monoisotopic (exact) mass is 252 g/mol. The van der Waals surface area contributed by atoms with Crippen LogP contribution in [0.3, 0.4) is 0 Å². The summed E-state index contributed by atoms with van der Waals surface area (Å²) in [5.74, 6) is 12.5. The second-order valence-electron chi connectivity index (χ2n) is 10.2. The molecule has 0 heteroatoms. The summed E-state index contributed by atoms with van der Waals surface area (Å²) >= 11 is 0. The van der Waals surface area contributed by atoms with Crippen LogP contribution in [0.4, 0.5) is 0 Å². The zero-order chi connectivity index (χ0) is 11.7. The molecule has 4 unspecified atom stereocenters. The Hall–Kier alpha value is 0. The van der Waals surface area contributed by atoms with E-state index in [4.69, 9.17) is 0 Å². The van der Waals surface area contributed by atoms with Crippen molar-refractivity contribution in [2.24, 2.45) is 70.0 Å². The SMILES string of the molecule is C1C2C3CC4CC2C25C6CC7CC(C16)C3(C2C4)C5C7. The van der Waals surface area contributed by atoms with Gasteiger partial charge in [0, 0.05) is 0 Å². The van der Waals surface area contributed by atoms with Crippen LogP contribution in [0.2, 0.25) is 0 Å². The van der Waals surface area contributed by atoms with Crippen LogP contribution in [0.25, 0.3) is 0 Å². The van der Waals surface area contributed by atoms with Gasteiger partial charge in [-0.15, -0.1) is 0 Å². The molecule has 0 aromatic rings. The summed E-state index contributed by atoms with van der Waals surface area (Å²) in [4.78, 5) is 0. The molecule has 13 aliphatic rings. The van der Waals surface area contributed by atoms with Crippen molar-refractivity contribution >= 4 is 0 Å². The lowest BCUT2D eigenvalue weighted by molar-refractivity contribution is -0.500. The zero-order valence-corrected chi connectivity index (χ0v) is 11.7. The second kappa shape index (κ2) is 2.17. The van der Waals surface area contributed by atoms with E-state index in [1.165, 1.54) is 59.2 Å². The third kappa shape index (κ3) is 0.544. The van der Waals surface area contributed by atoms with Crippen LogP contribution in [-0.2, 0) is 0 Å². The van der Waals surface area contributed by atoms with Crippen LogP contribution >= 0.6 is 0 Å². The molecule has 13 saturated carbocycles. The van der Waals surface area contributed by atoms with Gasteiger partial charge in [-0.2, -0.15) is 0 Å². The van der Waals surface area contributed by atoms with Crippen molar-refractivity contribution in [1.29, 1.82) is 0 Å². The predicted octanol–water partition coefficient (Wildman–Crippen LogP) is 3.96. The molecule has 0 nitrogen and oxygen atoms in total. The molecule has 19 heavy (non-hydrogen) atoms. The number of hydrogen-bond donors (Lipinski definition) is 0. The van der Waals surface area contributed by atoms with Crippen molar-refractivity contribution in [3.63, 3.8) is 0 Å². The fraction of sp³-hybridized carbons (Fsp3) is 1.00. The molecule has 2 spiro atoms. The van der Waals surface area contributed by atoms with Crippen LogP contribution < -0.4 is 0 Å². The summed E-state index contributed by atoms with van der Waals surface area (Å²) in [6, 6.07) is 0. The molecule has 12 bridgehead atoms. The van der Waals surface area contributed by atoms with Crippen molar-refractivity contribution in [2.45, 2.75) is 44.9 Å². The third-order valence-corrected chi connectivity index (χ3v) is 11.1. The van der Waals surface area contributed by atoms with Crippen LogP contribution in [-0.4, -0.2) is 0 Å². The molecule has 13 fully saturated rings. The smallest absolute Gasteiger partial charge is 0.0167 e. The molecule has 0 amide bonds. The molecule has 100 valence electrons. The van der Waals surface area contributed by atoms with Gasteiger partial charge in [0.25, 0.3) is 0 Å². The van der Waals surface area contributed by atoms with E-state index >= 15 is 0 Å². The van der Waals surface area contributed by atoms with Gasteiger partial charge in [0.05, 0.1) is 0 Å². The molecule has 13 aliphatic carbocycles. The van der Waals surface area contributed by atoms with Crippen LogP contribution in [0, 0.1) is 70.0 Å². The lowest BCUT2D eigenvalue weighted by Gasteiger charge is -2.97. The van der Waals surface area contributed by atoms with Gasteiger partial charge in [-0.05, 0) is 115 Å². The normalized spacial score (nSPS) is 85.9. The molecular weight excluding hydrogens is 228 g/mol. The highest BCUT2D eigenvalue weighted by Gasteiger charge is 2.93. The Kier molecular flexibility index (Phi) is 1.04. The molecule has 0 radical (unpaired) electrons. The average molecular weight is 252 g/mol. The fourth-order valence-corrected chi connectivity index (χ4v) is 11.9. The van der Waals surface area contributed by atoms with Gasteiger partial charge in [-0.3, -0.25) is 0 Å². The third-order valence-electron chi connectivity index (χ3n) is 11.1. The molecule has 0 aromatic heterocycles. The first kappa shape index (κ1) is 9.11. The Morgan fingerprint density at radius 3 is 1.32 bits per heavy atom. The lowest BCUT2D eigenvalue weighted by Crippen LogP contribution is -2.92. The van der Waals surface area contributed by atoms with Crippen molar-refractivity contribution in [3.05, 3.63) is 0 Å². The Morgan fingerprint density at radius 2 is 0.895 bits per heavy atom. The van der Waals surface area contributed by atoms with Gasteiger partial charge < -0.3 is 0 Å². The lowest BCUT2D eigenvalue weighted by atomic mass is 9.07. The van der Waals surface area contributed by atoms with Crippen molar-refractivity contribution in [1.82, 2.24) is 0 Å².